The summed E-state index contributed by atoms with van der Waals surface area (Å²) >= 11 is 0. The number of nitrogens with two attached hydrogens (primary N) is 1. The molecule has 0 saturated heterocycles. The highest BCUT2D eigenvalue weighted by Crippen LogP contribution is 2.30. The first-order chi connectivity index (χ1) is 10.2. The Bertz CT molecular complexity index is 738. The summed E-state index contributed by atoms with van der Waals surface area (Å²) in [5.41, 5.74) is 12.4. The molecular weight excluding hydrogens is 258 g/mol. The minimum atomic E-state index is 0.753. The molecule has 3 N–H and O–H groups in total. The second-order valence-corrected chi connectivity index (χ2v) is 5.18. The summed E-state index contributed by atoms with van der Waals surface area (Å²) in [6.45, 7) is 4.17. The Hall–Kier alpha value is -2.68. The fourth-order valence-electron chi connectivity index (χ4n) is 2.58. The van der Waals surface area contributed by atoms with E-state index in [2.05, 4.69) is 35.9 Å². The molecular formula is C18H19N3. The molecule has 3 heteroatoms. The van der Waals surface area contributed by atoms with Crippen LogP contribution in [0.1, 0.15) is 11.4 Å². The number of nitrogens with one attached hydrogen (secondary N) is 1. The molecule has 0 saturated carbocycles. The average Bonchev–Trinajstić information content (AvgIpc) is 2.82. The van der Waals surface area contributed by atoms with E-state index in [0.717, 1.165) is 22.7 Å². The minimum Gasteiger partial charge on any atom is -0.395 e. The Labute approximate surface area is 125 Å². The Morgan fingerprint density at radius 1 is 0.810 bits per heavy atom. The number of para-hydroxylation sites is 2. The molecule has 0 atom stereocenters. The van der Waals surface area contributed by atoms with Gasteiger partial charge in [0.15, 0.2) is 0 Å². The van der Waals surface area contributed by atoms with Crippen LogP contribution >= 0.6 is 0 Å². The van der Waals surface area contributed by atoms with E-state index in [1.165, 1.54) is 11.4 Å². The number of nitrogens with zero attached hydrogens (tertiary/aromatic N) is 1. The third kappa shape index (κ3) is 2.50. The molecule has 0 radical (unpaired) electrons. The Kier molecular flexibility index (Phi) is 3.40. The van der Waals surface area contributed by atoms with E-state index in [4.69, 9.17) is 5.73 Å². The first-order valence-electron chi connectivity index (χ1n) is 7.02. The molecule has 0 bridgehead atoms. The van der Waals surface area contributed by atoms with Gasteiger partial charge in [0.2, 0.25) is 0 Å². The Morgan fingerprint density at radius 2 is 1.48 bits per heavy atom. The molecule has 0 spiro atoms. The van der Waals surface area contributed by atoms with Gasteiger partial charge in [0, 0.05) is 17.1 Å². The number of nitrogen functional groups attached to an aromatic ring is 1. The van der Waals surface area contributed by atoms with Gasteiger partial charge in [-0.3, -0.25) is 0 Å². The van der Waals surface area contributed by atoms with Crippen molar-refractivity contribution in [2.75, 3.05) is 11.1 Å². The molecule has 1 aromatic heterocycles. The van der Waals surface area contributed by atoms with E-state index in [0.29, 0.717) is 0 Å². The maximum atomic E-state index is 6.38. The Balaban J connectivity index is 2.04. The molecule has 1 heterocycles. The van der Waals surface area contributed by atoms with Gasteiger partial charge in [-0.25, -0.2) is 0 Å². The number of rotatable bonds is 3. The number of hydrogen-bond donors (Lipinski definition) is 2. The average molecular weight is 277 g/mol. The molecule has 0 fully saturated rings. The van der Waals surface area contributed by atoms with E-state index in [1.807, 2.05) is 48.5 Å². The number of hydrogen-bond acceptors (Lipinski definition) is 2. The second kappa shape index (κ2) is 5.37. The highest BCUT2D eigenvalue weighted by Gasteiger charge is 2.10. The molecule has 0 aliphatic carbocycles. The molecule has 0 aliphatic rings. The van der Waals surface area contributed by atoms with Gasteiger partial charge in [-0.05, 0) is 50.2 Å². The van der Waals surface area contributed by atoms with Crippen LogP contribution in [-0.2, 0) is 0 Å². The molecule has 106 valence electrons. The van der Waals surface area contributed by atoms with Crippen molar-refractivity contribution in [1.82, 2.24) is 4.57 Å². The molecule has 0 unspecified atom stereocenters. The van der Waals surface area contributed by atoms with E-state index in [9.17, 15) is 0 Å². The lowest BCUT2D eigenvalue weighted by Crippen LogP contribution is -2.05. The summed E-state index contributed by atoms with van der Waals surface area (Å²) in [4.78, 5) is 0. The predicted octanol–water partition coefficient (Wildman–Crippen LogP) is 4.42. The lowest BCUT2D eigenvalue weighted by molar-refractivity contribution is 0.969. The largest absolute Gasteiger partial charge is 0.395 e. The van der Waals surface area contributed by atoms with Gasteiger partial charge in [0.25, 0.3) is 0 Å². The summed E-state index contributed by atoms with van der Waals surface area (Å²) in [6.07, 6.45) is 0. The summed E-state index contributed by atoms with van der Waals surface area (Å²) in [5.74, 6) is 0. The topological polar surface area (TPSA) is 43.0 Å². The zero-order valence-electron chi connectivity index (χ0n) is 12.3. The van der Waals surface area contributed by atoms with Gasteiger partial charge < -0.3 is 15.6 Å². The quantitative estimate of drug-likeness (QED) is 0.696. The third-order valence-corrected chi connectivity index (χ3v) is 3.65. The maximum absolute atomic E-state index is 6.38. The molecule has 3 nitrogen and oxygen atoms in total. The minimum absolute atomic E-state index is 0.753. The van der Waals surface area contributed by atoms with Crippen LogP contribution in [-0.4, -0.2) is 4.57 Å². The summed E-state index contributed by atoms with van der Waals surface area (Å²) in [5, 5.41) is 3.38. The third-order valence-electron chi connectivity index (χ3n) is 3.65. The molecule has 3 aromatic rings. The fraction of sp³-hybridized carbons (Fsp3) is 0.111. The van der Waals surface area contributed by atoms with Crippen LogP contribution in [0.25, 0.3) is 5.69 Å². The zero-order chi connectivity index (χ0) is 14.8. The van der Waals surface area contributed by atoms with Crippen LogP contribution in [0.3, 0.4) is 0 Å². The number of aromatic nitrogens is 1. The van der Waals surface area contributed by atoms with Gasteiger partial charge >= 0.3 is 0 Å². The first kappa shape index (κ1) is 13.3. The number of anilines is 3. The van der Waals surface area contributed by atoms with Crippen molar-refractivity contribution in [3.63, 3.8) is 0 Å². The lowest BCUT2D eigenvalue weighted by Gasteiger charge is -2.16. The van der Waals surface area contributed by atoms with Gasteiger partial charge in [-0.2, -0.15) is 0 Å². The van der Waals surface area contributed by atoms with E-state index < -0.39 is 0 Å². The van der Waals surface area contributed by atoms with E-state index >= 15 is 0 Å². The van der Waals surface area contributed by atoms with E-state index in [1.54, 1.807) is 0 Å². The van der Waals surface area contributed by atoms with Crippen molar-refractivity contribution in [3.05, 3.63) is 72.1 Å². The maximum Gasteiger partial charge on any atom is 0.0798 e. The van der Waals surface area contributed by atoms with Crippen LogP contribution in [0.2, 0.25) is 0 Å². The van der Waals surface area contributed by atoms with Crippen LogP contribution in [0.15, 0.2) is 60.7 Å². The molecule has 3 rings (SSSR count). The van der Waals surface area contributed by atoms with Crippen molar-refractivity contribution in [3.8, 4) is 5.69 Å². The van der Waals surface area contributed by atoms with Crippen LogP contribution in [0.5, 0.6) is 0 Å². The standard InChI is InChI=1S/C18H19N3/c1-13-11-12-14(2)21(13)17-10-6-9-16(18(17)19)20-15-7-4-3-5-8-15/h3-12,20H,19H2,1-2H3. The van der Waals surface area contributed by atoms with Crippen molar-refractivity contribution in [1.29, 1.82) is 0 Å². The van der Waals surface area contributed by atoms with Crippen LogP contribution in [0, 0.1) is 13.8 Å². The SMILES string of the molecule is Cc1ccc(C)n1-c1cccc(Nc2ccccc2)c1N. The zero-order valence-corrected chi connectivity index (χ0v) is 12.3. The summed E-state index contributed by atoms with van der Waals surface area (Å²) < 4.78 is 2.17. The van der Waals surface area contributed by atoms with Gasteiger partial charge in [-0.1, -0.05) is 24.3 Å². The smallest absolute Gasteiger partial charge is 0.0798 e. The Morgan fingerprint density at radius 3 is 2.14 bits per heavy atom. The fourth-order valence-corrected chi connectivity index (χ4v) is 2.58. The monoisotopic (exact) mass is 277 g/mol. The van der Waals surface area contributed by atoms with E-state index in [-0.39, 0.29) is 0 Å². The molecule has 2 aromatic carbocycles. The van der Waals surface area contributed by atoms with Gasteiger partial charge in [-0.15, -0.1) is 0 Å². The highest BCUT2D eigenvalue weighted by molar-refractivity contribution is 5.79. The number of aryl methyl sites for hydroxylation is 2. The van der Waals surface area contributed by atoms with Crippen molar-refractivity contribution >= 4 is 17.1 Å². The summed E-state index contributed by atoms with van der Waals surface area (Å²) in [6, 6.07) is 20.3. The van der Waals surface area contributed by atoms with Crippen LogP contribution in [0.4, 0.5) is 17.1 Å². The molecule has 0 aliphatic heterocycles. The first-order valence-corrected chi connectivity index (χ1v) is 7.02. The normalized spacial score (nSPS) is 10.6. The highest BCUT2D eigenvalue weighted by atomic mass is 15.0. The lowest BCUT2D eigenvalue weighted by atomic mass is 10.2. The van der Waals surface area contributed by atoms with Crippen molar-refractivity contribution in [2.45, 2.75) is 13.8 Å². The second-order valence-electron chi connectivity index (χ2n) is 5.18. The summed E-state index contributed by atoms with van der Waals surface area (Å²) in [7, 11) is 0. The van der Waals surface area contributed by atoms with Crippen molar-refractivity contribution in [2.24, 2.45) is 0 Å². The number of benzene rings is 2. The molecule has 21 heavy (non-hydrogen) atoms. The van der Waals surface area contributed by atoms with Crippen LogP contribution < -0.4 is 11.1 Å². The van der Waals surface area contributed by atoms with Gasteiger partial charge in [0.05, 0.1) is 17.1 Å². The van der Waals surface area contributed by atoms with Gasteiger partial charge in [0.1, 0.15) is 0 Å². The van der Waals surface area contributed by atoms with Crippen molar-refractivity contribution < 1.29 is 0 Å². The predicted molar refractivity (Wildman–Crippen MR) is 89.4 cm³/mol. The molecule has 0 amide bonds.